The molecule has 3 aliphatic heterocycles. The zero-order valence-corrected chi connectivity index (χ0v) is 44.1. The van der Waals surface area contributed by atoms with Gasteiger partial charge in [0.25, 0.3) is 5.91 Å². The minimum absolute atomic E-state index is 0.0907. The Hall–Kier alpha value is -7.43. The lowest BCUT2D eigenvalue weighted by molar-refractivity contribution is -0.147. The van der Waals surface area contributed by atoms with Crippen LogP contribution < -0.4 is 31.3 Å². The second-order valence-electron chi connectivity index (χ2n) is 20.5. The van der Waals surface area contributed by atoms with E-state index in [9.17, 15) is 64.2 Å². The zero-order valence-electron chi connectivity index (χ0n) is 44.1. The van der Waals surface area contributed by atoms with Crippen LogP contribution in [0.1, 0.15) is 75.7 Å². The van der Waals surface area contributed by atoms with Crippen LogP contribution in [0.2, 0.25) is 0 Å². The first-order valence-corrected chi connectivity index (χ1v) is 26.5. The molecule has 78 heavy (non-hydrogen) atoms. The van der Waals surface area contributed by atoms with Gasteiger partial charge in [-0.15, -0.1) is 0 Å². The summed E-state index contributed by atoms with van der Waals surface area (Å²) in [5, 5.41) is 78.2. The molecule has 3 unspecified atom stereocenters. The van der Waals surface area contributed by atoms with Crippen molar-refractivity contribution in [2.24, 2.45) is 5.92 Å². The van der Waals surface area contributed by atoms with Crippen molar-refractivity contribution in [2.75, 3.05) is 26.2 Å². The van der Waals surface area contributed by atoms with Gasteiger partial charge in [-0.25, -0.2) is 0 Å². The van der Waals surface area contributed by atoms with Crippen molar-refractivity contribution in [1.82, 2.24) is 36.4 Å². The number of nitrogens with one attached hydrogen (secondary N) is 5. The number of nitrogens with zero attached hydrogens (tertiary/aromatic N) is 2. The highest BCUT2D eigenvalue weighted by Crippen LogP contribution is 2.29. The number of benzene rings is 4. The number of phenols is 1. The number of phenolic OH excluding ortho intramolecular Hbond substituents is 1. The average molecular weight is 1080 g/mol. The molecule has 3 saturated heterocycles. The van der Waals surface area contributed by atoms with E-state index in [4.69, 9.17) is 4.74 Å². The van der Waals surface area contributed by atoms with Crippen LogP contribution in [0.4, 0.5) is 0 Å². The fourth-order valence-corrected chi connectivity index (χ4v) is 9.98. The van der Waals surface area contributed by atoms with Crippen molar-refractivity contribution in [1.29, 1.82) is 0 Å². The first-order valence-electron chi connectivity index (χ1n) is 26.5. The molecule has 21 nitrogen and oxygen atoms in total. The standard InChI is InChI=1S/C57H71N7O14/c1-5-6-7-26-78-42-22-18-38(19-23-42)36-12-10-35(11-13-36)37-14-16-39(17-15-37)51(71)59-43-24-25-58-55(75)49-50(70)31(2)29-64(49)57(77)47(33(4)66)61-54(74)48(45(69)27-34-8-20-40(67)21-9-34)62-53(73)44-28-41(68)30-63(44)56(76)46(32(3)65)60-52(43)72/h8-23,31-33,41,43-50,65-70H,5-7,24-30H2,1-4H3,(H,58,75)(H,59,71)(H,60,72)(H,61,74)(H,62,73)/t31-,32?,33?,41+,43?,44-,45+,46-,47-,48-,49-,50-/m0/s1. The molecule has 0 saturated carbocycles. The summed E-state index contributed by atoms with van der Waals surface area (Å²) in [6, 6.07) is 17.8. The van der Waals surface area contributed by atoms with Crippen LogP contribution in [0.15, 0.2) is 97.1 Å². The van der Waals surface area contributed by atoms with E-state index in [1.165, 1.54) is 38.1 Å². The number of aliphatic hydroxyl groups is 5. The molecule has 0 aliphatic carbocycles. The number of amides is 7. The van der Waals surface area contributed by atoms with Crippen molar-refractivity contribution >= 4 is 41.4 Å². The first-order chi connectivity index (χ1) is 37.2. The smallest absolute Gasteiger partial charge is 0.251 e. The molecule has 0 bridgehead atoms. The molecule has 12 atom stereocenters. The number of unbranched alkanes of at least 4 members (excludes halogenated alkanes) is 2. The number of fused-ring (bicyclic) bond motifs is 2. The number of aromatic hydroxyl groups is 1. The van der Waals surface area contributed by atoms with Gasteiger partial charge >= 0.3 is 0 Å². The van der Waals surface area contributed by atoms with Crippen LogP contribution in [-0.4, -0.2) is 175 Å². The Kier molecular flexibility index (Phi) is 19.6. The van der Waals surface area contributed by atoms with Gasteiger partial charge in [-0.2, -0.15) is 0 Å². The maximum Gasteiger partial charge on any atom is 0.251 e. The number of hydrogen-bond donors (Lipinski definition) is 11. The van der Waals surface area contributed by atoms with Crippen LogP contribution in [0.25, 0.3) is 22.3 Å². The maximum absolute atomic E-state index is 14.4. The highest BCUT2D eigenvalue weighted by atomic mass is 16.5. The second-order valence-corrected chi connectivity index (χ2v) is 20.5. The monoisotopic (exact) mass is 1080 g/mol. The Morgan fingerprint density at radius 3 is 1.79 bits per heavy atom. The Morgan fingerprint density at radius 1 is 0.679 bits per heavy atom. The second kappa shape index (κ2) is 26.3. The predicted molar refractivity (Wildman–Crippen MR) is 285 cm³/mol. The minimum atomic E-state index is -1.91. The Morgan fingerprint density at radius 2 is 1.22 bits per heavy atom. The van der Waals surface area contributed by atoms with Gasteiger partial charge in [0.1, 0.15) is 47.8 Å². The molecule has 0 radical (unpaired) electrons. The van der Waals surface area contributed by atoms with Crippen LogP contribution in [-0.2, 0) is 35.2 Å². The van der Waals surface area contributed by atoms with E-state index in [1.807, 2.05) is 48.5 Å². The average Bonchev–Trinajstić information content (AvgIpc) is 3.98. The third kappa shape index (κ3) is 14.2. The van der Waals surface area contributed by atoms with E-state index in [0.29, 0.717) is 12.2 Å². The topological polar surface area (TPSA) is 317 Å². The van der Waals surface area contributed by atoms with Crippen molar-refractivity contribution in [3.63, 3.8) is 0 Å². The van der Waals surface area contributed by atoms with Crippen LogP contribution in [0, 0.1) is 5.92 Å². The predicted octanol–water partition coefficient (Wildman–Crippen LogP) is 0.903. The lowest BCUT2D eigenvalue weighted by atomic mass is 9.99. The fraction of sp³-hybridized carbons (Fsp3) is 0.456. The van der Waals surface area contributed by atoms with Crippen LogP contribution >= 0.6 is 0 Å². The quantitative estimate of drug-likeness (QED) is 0.0783. The van der Waals surface area contributed by atoms with E-state index in [-0.39, 0.29) is 43.7 Å². The molecular formula is C57H71N7O14. The van der Waals surface area contributed by atoms with Crippen molar-refractivity contribution < 1.29 is 68.9 Å². The molecule has 0 spiro atoms. The van der Waals surface area contributed by atoms with Gasteiger partial charge in [0.15, 0.2) is 0 Å². The van der Waals surface area contributed by atoms with Crippen LogP contribution in [0.3, 0.4) is 0 Å². The number of carbonyl (C=O) groups excluding carboxylic acids is 7. The molecule has 3 aliphatic rings. The molecule has 4 aromatic carbocycles. The van der Waals surface area contributed by atoms with Gasteiger partial charge in [-0.1, -0.05) is 87.4 Å². The largest absolute Gasteiger partial charge is 0.508 e. The van der Waals surface area contributed by atoms with Gasteiger partial charge < -0.3 is 71.8 Å². The molecule has 418 valence electrons. The number of rotatable bonds is 14. The molecule has 4 aromatic rings. The number of carbonyl (C=O) groups is 7. The van der Waals surface area contributed by atoms with Crippen molar-refractivity contribution in [3.05, 3.63) is 108 Å². The molecule has 3 heterocycles. The maximum atomic E-state index is 14.4. The van der Waals surface area contributed by atoms with E-state index >= 15 is 0 Å². The summed E-state index contributed by atoms with van der Waals surface area (Å²) in [6.07, 6.45) is -5.57. The minimum Gasteiger partial charge on any atom is -0.508 e. The van der Waals surface area contributed by atoms with Gasteiger partial charge in [-0.05, 0) is 90.9 Å². The Balaban J connectivity index is 1.14. The molecule has 11 N–H and O–H groups in total. The number of hydrogen-bond acceptors (Lipinski definition) is 14. The molecule has 0 aromatic heterocycles. The van der Waals surface area contributed by atoms with Crippen LogP contribution in [0.5, 0.6) is 11.5 Å². The SMILES string of the molecule is CCCCCOc1ccc(-c2ccc(-c3ccc(C(=O)NC4CCNC(=O)[C@@H]5[C@@H](O)[C@@H](C)CN5C(=O)[C@H](C(C)O)NC(=O)[C@H]([C@H](O)Cc5ccc(O)cc5)NC(=O)[C@@H]5C[C@@H](O)CN5C(=O)[C@H](C(C)O)NC4=O)cc3)cc2)cc1. The lowest BCUT2D eigenvalue weighted by Crippen LogP contribution is -2.64. The van der Waals surface area contributed by atoms with Crippen molar-refractivity contribution in [2.45, 2.75) is 133 Å². The molecular weight excluding hydrogens is 1010 g/mol. The highest BCUT2D eigenvalue weighted by Gasteiger charge is 2.49. The molecule has 3 fully saturated rings. The fourth-order valence-electron chi connectivity index (χ4n) is 9.98. The Labute approximate surface area is 452 Å². The summed E-state index contributed by atoms with van der Waals surface area (Å²) in [6.45, 7) is 5.76. The summed E-state index contributed by atoms with van der Waals surface area (Å²) in [4.78, 5) is 102. The normalized spacial score (nSPS) is 25.8. The van der Waals surface area contributed by atoms with E-state index < -0.39 is 121 Å². The first kappa shape index (κ1) is 58.3. The molecule has 21 heteroatoms. The third-order valence-electron chi connectivity index (χ3n) is 14.5. The summed E-state index contributed by atoms with van der Waals surface area (Å²) in [5.41, 5.74) is 4.19. The molecule has 7 rings (SSSR count). The van der Waals surface area contributed by atoms with Gasteiger partial charge in [-0.3, -0.25) is 33.6 Å². The van der Waals surface area contributed by atoms with E-state index in [2.05, 4.69) is 33.5 Å². The highest BCUT2D eigenvalue weighted by molar-refractivity contribution is 6.00. The van der Waals surface area contributed by atoms with E-state index in [1.54, 1.807) is 31.2 Å². The van der Waals surface area contributed by atoms with Gasteiger partial charge in [0, 0.05) is 44.0 Å². The molecule has 7 amide bonds. The van der Waals surface area contributed by atoms with Crippen molar-refractivity contribution in [3.8, 4) is 33.8 Å². The third-order valence-corrected chi connectivity index (χ3v) is 14.5. The summed E-state index contributed by atoms with van der Waals surface area (Å²) in [7, 11) is 0. The lowest BCUT2D eigenvalue weighted by Gasteiger charge is -2.34. The number of aliphatic hydroxyl groups excluding tert-OH is 5. The number of ether oxygens (including phenoxy) is 1. The summed E-state index contributed by atoms with van der Waals surface area (Å²) in [5.74, 6) is -6.81. The van der Waals surface area contributed by atoms with E-state index in [0.717, 1.165) is 57.1 Å². The summed E-state index contributed by atoms with van der Waals surface area (Å²) >= 11 is 0. The summed E-state index contributed by atoms with van der Waals surface area (Å²) < 4.78 is 5.85. The van der Waals surface area contributed by atoms with Gasteiger partial charge in [0.2, 0.25) is 35.4 Å². The zero-order chi connectivity index (χ0) is 56.4. The Bertz CT molecular complexity index is 2740. The van der Waals surface area contributed by atoms with Gasteiger partial charge in [0.05, 0.1) is 37.1 Å².